The van der Waals surface area contributed by atoms with Crippen LogP contribution in [0.5, 0.6) is 0 Å². The molecule has 2 N–H and O–H groups in total. The van der Waals surface area contributed by atoms with Crippen molar-refractivity contribution in [2.75, 3.05) is 26.4 Å². The maximum atomic E-state index is 13.1. The summed E-state index contributed by atoms with van der Waals surface area (Å²) < 4.78 is 5.11. The van der Waals surface area contributed by atoms with Gasteiger partial charge in [-0.1, -0.05) is 20.8 Å². The number of piperidine rings is 1. The van der Waals surface area contributed by atoms with Gasteiger partial charge in [0.05, 0.1) is 25.6 Å². The Balaban J connectivity index is 1.55. The van der Waals surface area contributed by atoms with Crippen LogP contribution < -0.4 is 10.2 Å². The standard InChI is InChI=1S/C21H35N3O4/c1-5-28-17(25)15-8-12-23(13-9-15)14-24-18(26)21(22-19(24)27)10-6-16(7-11-21)20(2,3)4/h15-16H,5-14H2,1-4H3,(H,22,27)/p+1. The summed E-state index contributed by atoms with van der Waals surface area (Å²) >= 11 is 0. The molecule has 0 aromatic carbocycles. The van der Waals surface area contributed by atoms with Crippen LogP contribution in [-0.2, 0) is 14.3 Å². The Hall–Kier alpha value is -1.63. The molecule has 3 aliphatic rings. The molecule has 2 aliphatic heterocycles. The van der Waals surface area contributed by atoms with E-state index in [1.165, 1.54) is 9.80 Å². The first-order chi connectivity index (χ1) is 13.2. The highest BCUT2D eigenvalue weighted by Gasteiger charge is 2.54. The third kappa shape index (κ3) is 4.19. The SMILES string of the molecule is CCOC(=O)C1CC[NH+](CN2C(=O)NC3(CCC(C(C)(C)C)CC3)C2=O)CC1. The minimum absolute atomic E-state index is 0.0502. The normalized spacial score (nSPS) is 33.9. The molecule has 1 spiro atoms. The molecule has 3 fully saturated rings. The van der Waals surface area contributed by atoms with Crippen molar-refractivity contribution in [1.82, 2.24) is 10.2 Å². The summed E-state index contributed by atoms with van der Waals surface area (Å²) in [5.41, 5.74) is -0.456. The van der Waals surface area contributed by atoms with E-state index in [-0.39, 0.29) is 29.2 Å². The lowest BCUT2D eigenvalue weighted by Crippen LogP contribution is -3.14. The van der Waals surface area contributed by atoms with E-state index in [9.17, 15) is 14.4 Å². The van der Waals surface area contributed by atoms with Crippen molar-refractivity contribution in [1.29, 1.82) is 0 Å². The number of hydrogen-bond donors (Lipinski definition) is 2. The number of ether oxygens (including phenoxy) is 1. The zero-order valence-electron chi connectivity index (χ0n) is 17.8. The van der Waals surface area contributed by atoms with Crippen molar-refractivity contribution >= 4 is 17.9 Å². The lowest BCUT2D eigenvalue weighted by atomic mass is 9.67. The molecule has 28 heavy (non-hydrogen) atoms. The predicted molar refractivity (Wildman–Crippen MR) is 104 cm³/mol. The second-order valence-electron chi connectivity index (χ2n) is 9.82. The number of carbonyl (C=O) groups is 3. The summed E-state index contributed by atoms with van der Waals surface area (Å²) in [7, 11) is 0. The first-order valence-electron chi connectivity index (χ1n) is 10.8. The van der Waals surface area contributed by atoms with Crippen LogP contribution >= 0.6 is 0 Å². The first kappa shape index (κ1) is 21.1. The number of imide groups is 1. The summed E-state index contributed by atoms with van der Waals surface area (Å²) in [6.45, 7) is 10.9. The quantitative estimate of drug-likeness (QED) is 0.557. The van der Waals surface area contributed by atoms with E-state index in [1.807, 2.05) is 6.92 Å². The van der Waals surface area contributed by atoms with E-state index >= 15 is 0 Å². The van der Waals surface area contributed by atoms with E-state index in [0.29, 0.717) is 19.2 Å². The lowest BCUT2D eigenvalue weighted by molar-refractivity contribution is -0.913. The van der Waals surface area contributed by atoms with Crippen LogP contribution in [0, 0.1) is 17.3 Å². The summed E-state index contributed by atoms with van der Waals surface area (Å²) in [5, 5.41) is 3.02. The second kappa shape index (κ2) is 8.01. The summed E-state index contributed by atoms with van der Waals surface area (Å²) in [5.74, 6) is 0.367. The topological polar surface area (TPSA) is 80.2 Å². The Morgan fingerprint density at radius 2 is 1.79 bits per heavy atom. The Kier molecular flexibility index (Phi) is 6.03. The molecule has 158 valence electrons. The molecule has 0 aromatic heterocycles. The van der Waals surface area contributed by atoms with E-state index in [0.717, 1.165) is 51.6 Å². The first-order valence-corrected chi connectivity index (χ1v) is 10.8. The molecular weight excluding hydrogens is 358 g/mol. The van der Waals surface area contributed by atoms with E-state index in [4.69, 9.17) is 4.74 Å². The van der Waals surface area contributed by atoms with Crippen LogP contribution in [0.1, 0.15) is 66.2 Å². The number of likely N-dealkylation sites (tertiary alicyclic amines) is 1. The van der Waals surface area contributed by atoms with Gasteiger partial charge in [0.1, 0.15) is 5.54 Å². The third-order valence-corrected chi connectivity index (χ3v) is 7.00. The molecule has 2 heterocycles. The van der Waals surface area contributed by atoms with Crippen molar-refractivity contribution < 1.29 is 24.0 Å². The maximum absolute atomic E-state index is 13.1. The number of hydrogen-bond acceptors (Lipinski definition) is 4. The monoisotopic (exact) mass is 394 g/mol. The molecule has 0 unspecified atom stereocenters. The van der Waals surface area contributed by atoms with Crippen LogP contribution in [0.4, 0.5) is 4.79 Å². The number of amides is 3. The molecule has 0 bridgehead atoms. The third-order valence-electron chi connectivity index (χ3n) is 7.00. The van der Waals surface area contributed by atoms with Gasteiger partial charge in [0.15, 0.2) is 6.67 Å². The second-order valence-corrected chi connectivity index (χ2v) is 9.82. The fraction of sp³-hybridized carbons (Fsp3) is 0.857. The fourth-order valence-electron chi connectivity index (χ4n) is 5.04. The number of rotatable bonds is 4. The van der Waals surface area contributed by atoms with Gasteiger partial charge in [-0.3, -0.25) is 9.59 Å². The van der Waals surface area contributed by atoms with Crippen molar-refractivity contribution in [2.24, 2.45) is 17.3 Å². The van der Waals surface area contributed by atoms with Gasteiger partial charge in [-0.2, -0.15) is 0 Å². The van der Waals surface area contributed by atoms with Gasteiger partial charge in [0.25, 0.3) is 5.91 Å². The summed E-state index contributed by atoms with van der Waals surface area (Å²) in [4.78, 5) is 40.2. The average molecular weight is 395 g/mol. The maximum Gasteiger partial charge on any atom is 0.329 e. The minimum atomic E-state index is -0.693. The van der Waals surface area contributed by atoms with Crippen LogP contribution in [0.2, 0.25) is 0 Å². The van der Waals surface area contributed by atoms with Crippen LogP contribution in [0.15, 0.2) is 0 Å². The molecule has 7 nitrogen and oxygen atoms in total. The molecule has 1 aliphatic carbocycles. The highest BCUT2D eigenvalue weighted by Crippen LogP contribution is 2.43. The molecular formula is C21H36N3O4+. The van der Waals surface area contributed by atoms with Crippen molar-refractivity contribution in [3.8, 4) is 0 Å². The number of nitrogens with zero attached hydrogens (tertiary/aromatic N) is 1. The highest BCUT2D eigenvalue weighted by molar-refractivity contribution is 6.06. The number of urea groups is 1. The van der Waals surface area contributed by atoms with Crippen LogP contribution in [0.25, 0.3) is 0 Å². The van der Waals surface area contributed by atoms with Crippen molar-refractivity contribution in [3.63, 3.8) is 0 Å². The Morgan fingerprint density at radius 3 is 2.32 bits per heavy atom. The molecule has 1 saturated carbocycles. The fourth-order valence-corrected chi connectivity index (χ4v) is 5.04. The molecule has 0 radical (unpaired) electrons. The zero-order valence-corrected chi connectivity index (χ0v) is 17.8. The van der Waals surface area contributed by atoms with E-state index in [2.05, 4.69) is 26.1 Å². The molecule has 3 amide bonds. The Bertz CT molecular complexity index is 612. The van der Waals surface area contributed by atoms with Gasteiger partial charge in [0.2, 0.25) is 0 Å². The van der Waals surface area contributed by atoms with Gasteiger partial charge in [-0.15, -0.1) is 0 Å². The van der Waals surface area contributed by atoms with Gasteiger partial charge < -0.3 is 15.0 Å². The van der Waals surface area contributed by atoms with Gasteiger partial charge in [0, 0.05) is 12.8 Å². The summed E-state index contributed by atoms with van der Waals surface area (Å²) in [6.07, 6.45) is 4.90. The van der Waals surface area contributed by atoms with Crippen molar-refractivity contribution in [2.45, 2.75) is 71.8 Å². The molecule has 2 saturated heterocycles. The largest absolute Gasteiger partial charge is 0.466 e. The molecule has 7 heteroatoms. The molecule has 0 atom stereocenters. The van der Waals surface area contributed by atoms with Crippen molar-refractivity contribution in [3.05, 3.63) is 0 Å². The molecule has 3 rings (SSSR count). The number of quaternary nitrogens is 1. The predicted octanol–water partition coefficient (Wildman–Crippen LogP) is 1.33. The highest BCUT2D eigenvalue weighted by atomic mass is 16.5. The Labute approximate surface area is 168 Å². The van der Waals surface area contributed by atoms with Gasteiger partial charge in [-0.05, 0) is 43.9 Å². The van der Waals surface area contributed by atoms with Crippen LogP contribution in [-0.4, -0.2) is 54.7 Å². The smallest absolute Gasteiger partial charge is 0.329 e. The van der Waals surface area contributed by atoms with E-state index < -0.39 is 5.54 Å². The zero-order chi connectivity index (χ0) is 20.5. The average Bonchev–Trinajstić information content (AvgIpc) is 2.86. The lowest BCUT2D eigenvalue weighted by Gasteiger charge is -2.40. The Morgan fingerprint density at radius 1 is 1.18 bits per heavy atom. The molecule has 0 aromatic rings. The van der Waals surface area contributed by atoms with Crippen LogP contribution in [0.3, 0.4) is 0 Å². The minimum Gasteiger partial charge on any atom is -0.466 e. The summed E-state index contributed by atoms with van der Waals surface area (Å²) in [6, 6.07) is -0.251. The number of carbonyl (C=O) groups excluding carboxylic acids is 3. The number of esters is 1. The van der Waals surface area contributed by atoms with Gasteiger partial charge in [-0.25, -0.2) is 9.69 Å². The van der Waals surface area contributed by atoms with E-state index in [1.54, 1.807) is 0 Å². The number of nitrogens with one attached hydrogen (secondary N) is 2. The van der Waals surface area contributed by atoms with Gasteiger partial charge >= 0.3 is 12.0 Å².